The minimum absolute atomic E-state index is 0.0622. The van der Waals surface area contributed by atoms with Gasteiger partial charge in [0.15, 0.2) is 0 Å². The summed E-state index contributed by atoms with van der Waals surface area (Å²) in [6.07, 6.45) is 4.93. The molecule has 4 heterocycles. The number of thiocarbonyl (C=S) groups is 1. The number of benzene rings is 1. The standard InChI is InChI=1S/C30H30FN5O3S2/c1-3-4-11-35-27(34-14-12-33(13-15-34)25-10-6-5-9-24(25)31)22(20(2)23(18-32)28(35)37)17-26-29(38)36(30(40)41-26)19-21-8-7-16-39-21/h5-10,16-17H,3-4,11-15,19H2,1-2H3/b26-17+. The fourth-order valence-corrected chi connectivity index (χ4v) is 6.44. The Labute approximate surface area is 247 Å². The molecule has 1 amide bonds. The molecule has 11 heteroatoms. The zero-order valence-corrected chi connectivity index (χ0v) is 24.6. The number of aromatic nitrogens is 1. The van der Waals surface area contributed by atoms with Gasteiger partial charge in [0, 0.05) is 38.3 Å². The van der Waals surface area contributed by atoms with Gasteiger partial charge in [-0.25, -0.2) is 4.39 Å². The summed E-state index contributed by atoms with van der Waals surface area (Å²) in [6.45, 7) is 6.61. The van der Waals surface area contributed by atoms with Crippen LogP contribution in [0.25, 0.3) is 6.08 Å². The second-order valence-corrected chi connectivity index (χ2v) is 11.6. The number of unbranched alkanes of at least 4 members (excludes halogenated alkanes) is 1. The van der Waals surface area contributed by atoms with Crippen molar-refractivity contribution in [1.82, 2.24) is 9.47 Å². The molecule has 0 unspecified atom stereocenters. The molecule has 8 nitrogen and oxygen atoms in total. The molecule has 2 aliphatic rings. The SMILES string of the molecule is CCCCn1c(N2CCN(c3ccccc3F)CC2)c(/C=C2/SC(=S)N(Cc3ccco3)C2=O)c(C)c(C#N)c1=O. The smallest absolute Gasteiger partial charge is 0.270 e. The van der Waals surface area contributed by atoms with Gasteiger partial charge in [-0.3, -0.25) is 19.1 Å². The van der Waals surface area contributed by atoms with Crippen molar-refractivity contribution in [3.05, 3.63) is 86.2 Å². The summed E-state index contributed by atoms with van der Waals surface area (Å²) in [4.78, 5) is 33.1. The molecule has 2 aliphatic heterocycles. The van der Waals surface area contributed by atoms with Gasteiger partial charge in [-0.05, 0) is 49.2 Å². The molecule has 2 saturated heterocycles. The molecule has 2 fully saturated rings. The molecule has 0 N–H and O–H groups in total. The molecule has 0 bridgehead atoms. The number of para-hydroxylation sites is 1. The Bertz CT molecular complexity index is 1600. The van der Waals surface area contributed by atoms with Crippen LogP contribution in [-0.4, -0.2) is 45.9 Å². The molecule has 5 rings (SSSR count). The highest BCUT2D eigenvalue weighted by Gasteiger charge is 2.34. The molecular formula is C30H30FN5O3S2. The van der Waals surface area contributed by atoms with E-state index in [0.29, 0.717) is 70.3 Å². The number of pyridine rings is 1. The summed E-state index contributed by atoms with van der Waals surface area (Å²) in [5.41, 5.74) is 1.44. The molecule has 0 saturated carbocycles. The summed E-state index contributed by atoms with van der Waals surface area (Å²) in [6, 6.07) is 12.3. The lowest BCUT2D eigenvalue weighted by Crippen LogP contribution is -2.49. The highest BCUT2D eigenvalue weighted by atomic mass is 32.2. The number of nitriles is 1. The van der Waals surface area contributed by atoms with Gasteiger partial charge >= 0.3 is 0 Å². The van der Waals surface area contributed by atoms with Gasteiger partial charge in [-0.2, -0.15) is 5.26 Å². The number of thioether (sulfide) groups is 1. The van der Waals surface area contributed by atoms with E-state index in [0.717, 1.165) is 12.8 Å². The zero-order chi connectivity index (χ0) is 29.1. The fourth-order valence-electron chi connectivity index (χ4n) is 5.20. The van der Waals surface area contributed by atoms with Crippen LogP contribution in [0.3, 0.4) is 0 Å². The van der Waals surface area contributed by atoms with Gasteiger partial charge < -0.3 is 14.2 Å². The number of amides is 1. The van der Waals surface area contributed by atoms with Crippen LogP contribution in [0.15, 0.2) is 56.8 Å². The van der Waals surface area contributed by atoms with Crippen molar-refractivity contribution in [3.63, 3.8) is 0 Å². The minimum Gasteiger partial charge on any atom is -0.467 e. The Morgan fingerprint density at radius 2 is 1.85 bits per heavy atom. The molecule has 0 spiro atoms. The molecular weight excluding hydrogens is 561 g/mol. The van der Waals surface area contributed by atoms with Gasteiger partial charge in [0.25, 0.3) is 11.5 Å². The number of rotatable bonds is 8. The van der Waals surface area contributed by atoms with E-state index < -0.39 is 0 Å². The number of nitrogens with zero attached hydrogens (tertiary/aromatic N) is 5. The molecule has 212 valence electrons. The maximum atomic E-state index is 14.5. The van der Waals surface area contributed by atoms with Crippen LogP contribution in [0.4, 0.5) is 15.9 Å². The summed E-state index contributed by atoms with van der Waals surface area (Å²) < 4.78 is 22.0. The second kappa shape index (κ2) is 12.3. The number of hydrogen-bond acceptors (Lipinski definition) is 8. The van der Waals surface area contributed by atoms with Crippen LogP contribution in [0.2, 0.25) is 0 Å². The first-order chi connectivity index (χ1) is 19.8. The molecule has 41 heavy (non-hydrogen) atoms. The van der Waals surface area contributed by atoms with Crippen LogP contribution in [0, 0.1) is 24.1 Å². The lowest BCUT2D eigenvalue weighted by atomic mass is 10.0. The van der Waals surface area contributed by atoms with E-state index in [1.165, 1.54) is 22.7 Å². The first-order valence-electron chi connectivity index (χ1n) is 13.5. The Morgan fingerprint density at radius 3 is 2.51 bits per heavy atom. The van der Waals surface area contributed by atoms with Crippen molar-refractivity contribution in [2.45, 2.75) is 39.8 Å². The van der Waals surface area contributed by atoms with Crippen molar-refractivity contribution in [2.24, 2.45) is 0 Å². The second-order valence-electron chi connectivity index (χ2n) is 9.93. The van der Waals surface area contributed by atoms with Gasteiger partial charge in [0.05, 0.1) is 23.4 Å². The molecule has 0 atom stereocenters. The summed E-state index contributed by atoms with van der Waals surface area (Å²) in [5.74, 6) is 0.764. The number of piperazine rings is 1. The maximum absolute atomic E-state index is 14.5. The lowest BCUT2D eigenvalue weighted by molar-refractivity contribution is -0.122. The van der Waals surface area contributed by atoms with Crippen molar-refractivity contribution >= 4 is 51.8 Å². The van der Waals surface area contributed by atoms with E-state index >= 15 is 0 Å². The van der Waals surface area contributed by atoms with Gasteiger partial charge in [-0.15, -0.1) is 0 Å². The van der Waals surface area contributed by atoms with Crippen molar-refractivity contribution in [3.8, 4) is 6.07 Å². The lowest BCUT2D eigenvalue weighted by Gasteiger charge is -2.39. The quantitative estimate of drug-likeness (QED) is 0.258. The van der Waals surface area contributed by atoms with Crippen LogP contribution >= 0.6 is 24.0 Å². The first kappa shape index (κ1) is 28.6. The van der Waals surface area contributed by atoms with Crippen molar-refractivity contribution in [1.29, 1.82) is 5.26 Å². The average Bonchev–Trinajstić information content (AvgIpc) is 3.58. The van der Waals surface area contributed by atoms with Crippen LogP contribution in [0.1, 0.15) is 42.2 Å². The van der Waals surface area contributed by atoms with E-state index in [9.17, 15) is 19.2 Å². The Kier molecular flexibility index (Phi) is 8.61. The van der Waals surface area contributed by atoms with Crippen LogP contribution < -0.4 is 15.4 Å². The first-order valence-corrected chi connectivity index (χ1v) is 14.8. The molecule has 1 aromatic carbocycles. The topological polar surface area (TPSA) is 85.7 Å². The summed E-state index contributed by atoms with van der Waals surface area (Å²) in [7, 11) is 0. The van der Waals surface area contributed by atoms with Crippen LogP contribution in [-0.2, 0) is 17.9 Å². The number of carbonyl (C=O) groups excluding carboxylic acids is 1. The number of furan rings is 1. The third-order valence-electron chi connectivity index (χ3n) is 7.40. The summed E-state index contributed by atoms with van der Waals surface area (Å²) >= 11 is 6.72. The molecule has 0 aliphatic carbocycles. The van der Waals surface area contributed by atoms with Gasteiger partial charge in [0.2, 0.25) is 0 Å². The Morgan fingerprint density at radius 1 is 1.12 bits per heavy atom. The molecule has 2 aromatic heterocycles. The summed E-state index contributed by atoms with van der Waals surface area (Å²) in [5, 5.41) is 9.95. The number of halogens is 1. The number of hydrogen-bond donors (Lipinski definition) is 0. The van der Waals surface area contributed by atoms with E-state index in [1.807, 2.05) is 17.9 Å². The third kappa shape index (κ3) is 5.67. The highest BCUT2D eigenvalue weighted by molar-refractivity contribution is 8.26. The zero-order valence-electron chi connectivity index (χ0n) is 22.9. The van der Waals surface area contributed by atoms with E-state index in [4.69, 9.17) is 16.6 Å². The Balaban J connectivity index is 1.56. The Hall–Kier alpha value is -3.88. The fraction of sp³-hybridized carbons (Fsp3) is 0.333. The van der Waals surface area contributed by atoms with Gasteiger partial charge in [-0.1, -0.05) is 49.5 Å². The average molecular weight is 592 g/mol. The van der Waals surface area contributed by atoms with Crippen molar-refractivity contribution in [2.75, 3.05) is 36.0 Å². The van der Waals surface area contributed by atoms with E-state index in [-0.39, 0.29) is 29.4 Å². The van der Waals surface area contributed by atoms with E-state index in [2.05, 4.69) is 11.0 Å². The van der Waals surface area contributed by atoms with Gasteiger partial charge in [0.1, 0.15) is 33.3 Å². The van der Waals surface area contributed by atoms with E-state index in [1.54, 1.807) is 48.1 Å². The monoisotopic (exact) mass is 591 g/mol. The minimum atomic E-state index is -0.340. The number of anilines is 2. The van der Waals surface area contributed by atoms with Crippen molar-refractivity contribution < 1.29 is 13.6 Å². The molecule has 3 aromatic rings. The molecule has 0 radical (unpaired) electrons. The predicted molar refractivity (Wildman–Crippen MR) is 163 cm³/mol. The largest absolute Gasteiger partial charge is 0.467 e. The maximum Gasteiger partial charge on any atom is 0.270 e. The predicted octanol–water partition coefficient (Wildman–Crippen LogP) is 5.29. The van der Waals surface area contributed by atoms with Crippen LogP contribution in [0.5, 0.6) is 0 Å². The third-order valence-corrected chi connectivity index (χ3v) is 8.77. The number of carbonyl (C=O) groups is 1. The normalized spacial score (nSPS) is 16.6. The highest BCUT2D eigenvalue weighted by Crippen LogP contribution is 2.37.